The van der Waals surface area contributed by atoms with Crippen LogP contribution < -0.4 is 11.1 Å². The maximum Gasteiger partial charge on any atom is 0.0167 e. The molecular weight excluding hydrogens is 196 g/mol. The van der Waals surface area contributed by atoms with E-state index in [9.17, 15) is 0 Å². The predicted molar refractivity (Wildman–Crippen MR) is 71.4 cm³/mol. The fourth-order valence-corrected chi connectivity index (χ4v) is 2.95. The summed E-state index contributed by atoms with van der Waals surface area (Å²) in [5.74, 6) is 1.50. The first-order valence-electron chi connectivity index (χ1n) is 6.66. The van der Waals surface area contributed by atoms with E-state index < -0.39 is 0 Å². The number of nitrogens with one attached hydrogen (secondary N) is 1. The second kappa shape index (κ2) is 4.66. The summed E-state index contributed by atoms with van der Waals surface area (Å²) in [5.41, 5.74) is 7.03. The van der Waals surface area contributed by atoms with E-state index in [0.717, 1.165) is 25.4 Å². The Morgan fingerprint density at radius 1 is 1.12 bits per heavy atom. The zero-order chi connectivity index (χ0) is 12.6. The molecule has 0 saturated heterocycles. The lowest BCUT2D eigenvalue weighted by atomic mass is 10.0. The van der Waals surface area contributed by atoms with Crippen molar-refractivity contribution in [2.75, 3.05) is 13.1 Å². The van der Waals surface area contributed by atoms with Crippen molar-refractivity contribution in [3.05, 3.63) is 0 Å². The largest absolute Gasteiger partial charge is 0.327 e. The van der Waals surface area contributed by atoms with Gasteiger partial charge in [-0.15, -0.1) is 0 Å². The Balaban J connectivity index is 2.18. The molecule has 1 aliphatic carbocycles. The topological polar surface area (TPSA) is 38.0 Å². The van der Waals surface area contributed by atoms with Gasteiger partial charge in [0.25, 0.3) is 0 Å². The van der Waals surface area contributed by atoms with E-state index in [-0.39, 0.29) is 0 Å². The van der Waals surface area contributed by atoms with Crippen LogP contribution in [-0.2, 0) is 0 Å². The third-order valence-corrected chi connectivity index (χ3v) is 4.85. The quantitative estimate of drug-likeness (QED) is 0.730. The van der Waals surface area contributed by atoms with Crippen LogP contribution >= 0.6 is 0 Å². The van der Waals surface area contributed by atoms with E-state index in [2.05, 4.69) is 46.9 Å². The molecule has 1 aliphatic rings. The van der Waals surface area contributed by atoms with E-state index in [1.807, 2.05) is 0 Å². The molecule has 3 N–H and O–H groups in total. The van der Waals surface area contributed by atoms with Gasteiger partial charge in [0.1, 0.15) is 0 Å². The number of nitrogens with two attached hydrogens (primary N) is 1. The molecule has 0 aromatic heterocycles. The molecule has 0 radical (unpaired) electrons. The van der Waals surface area contributed by atoms with E-state index in [1.54, 1.807) is 0 Å². The van der Waals surface area contributed by atoms with Gasteiger partial charge in [0.15, 0.2) is 0 Å². The van der Waals surface area contributed by atoms with Gasteiger partial charge in [-0.1, -0.05) is 41.5 Å². The van der Waals surface area contributed by atoms with Crippen molar-refractivity contribution in [3.8, 4) is 0 Å². The Morgan fingerprint density at radius 2 is 1.62 bits per heavy atom. The Labute approximate surface area is 101 Å². The molecule has 1 fully saturated rings. The Bertz CT molecular complexity index is 217. The minimum Gasteiger partial charge on any atom is -0.327 e. The van der Waals surface area contributed by atoms with Crippen molar-refractivity contribution in [2.24, 2.45) is 28.4 Å². The van der Waals surface area contributed by atoms with Gasteiger partial charge in [0, 0.05) is 12.6 Å². The van der Waals surface area contributed by atoms with Crippen molar-refractivity contribution in [1.29, 1.82) is 0 Å². The Kier molecular flexibility index (Phi) is 4.07. The summed E-state index contributed by atoms with van der Waals surface area (Å²) in [6, 6.07) is 0.310. The highest BCUT2D eigenvalue weighted by molar-refractivity contribution is 5.12. The summed E-state index contributed by atoms with van der Waals surface area (Å²) in [4.78, 5) is 0. The van der Waals surface area contributed by atoms with Crippen LogP contribution in [-0.4, -0.2) is 19.1 Å². The van der Waals surface area contributed by atoms with Gasteiger partial charge in [0.05, 0.1) is 0 Å². The highest BCUT2D eigenvalue weighted by Gasteiger charge is 2.63. The zero-order valence-electron chi connectivity index (χ0n) is 11.9. The second-order valence-corrected chi connectivity index (χ2v) is 7.04. The Hall–Kier alpha value is -0.0800. The fourth-order valence-electron chi connectivity index (χ4n) is 2.95. The van der Waals surface area contributed by atoms with Crippen LogP contribution in [0.1, 0.15) is 48.0 Å². The molecule has 0 aromatic carbocycles. The molecule has 2 nitrogen and oxygen atoms in total. The fraction of sp³-hybridized carbons (Fsp3) is 1.00. The molecule has 2 heteroatoms. The smallest absolute Gasteiger partial charge is 0.0167 e. The maximum atomic E-state index is 6.05. The molecule has 0 spiro atoms. The molecule has 1 atom stereocenters. The first-order valence-corrected chi connectivity index (χ1v) is 6.66. The summed E-state index contributed by atoms with van der Waals surface area (Å²) in [5, 5.41) is 3.54. The maximum absolute atomic E-state index is 6.05. The third-order valence-electron chi connectivity index (χ3n) is 4.85. The number of rotatable bonds is 6. The molecule has 1 rings (SSSR count). The monoisotopic (exact) mass is 226 g/mol. The molecule has 0 aliphatic heterocycles. The minimum atomic E-state index is 0.310. The molecular formula is C14H30N2. The van der Waals surface area contributed by atoms with Crippen LogP contribution in [0.3, 0.4) is 0 Å². The average molecular weight is 226 g/mol. The van der Waals surface area contributed by atoms with Crippen LogP contribution in [0.25, 0.3) is 0 Å². The van der Waals surface area contributed by atoms with Crippen LogP contribution in [0.5, 0.6) is 0 Å². The van der Waals surface area contributed by atoms with E-state index in [4.69, 9.17) is 5.73 Å². The standard InChI is InChI=1S/C14H30N2/c1-10(2)7-11(15)8-16-9-12-13(3,4)14(12,5)6/h10-12,16H,7-9,15H2,1-6H3. The first-order chi connectivity index (χ1) is 7.19. The molecule has 0 bridgehead atoms. The third kappa shape index (κ3) is 2.78. The molecule has 1 unspecified atom stereocenters. The van der Waals surface area contributed by atoms with Crippen LogP contribution in [0.15, 0.2) is 0 Å². The van der Waals surface area contributed by atoms with Gasteiger partial charge in [-0.2, -0.15) is 0 Å². The van der Waals surface area contributed by atoms with Gasteiger partial charge in [-0.3, -0.25) is 0 Å². The van der Waals surface area contributed by atoms with Gasteiger partial charge >= 0.3 is 0 Å². The summed E-state index contributed by atoms with van der Waals surface area (Å²) in [6.45, 7) is 16.0. The summed E-state index contributed by atoms with van der Waals surface area (Å²) < 4.78 is 0. The summed E-state index contributed by atoms with van der Waals surface area (Å²) in [7, 11) is 0. The van der Waals surface area contributed by atoms with Crippen molar-refractivity contribution >= 4 is 0 Å². The normalized spacial score (nSPS) is 24.8. The van der Waals surface area contributed by atoms with Gasteiger partial charge in [0.2, 0.25) is 0 Å². The second-order valence-electron chi connectivity index (χ2n) is 7.04. The SMILES string of the molecule is CC(C)CC(N)CNCC1C(C)(C)C1(C)C. The van der Waals surface area contributed by atoms with Crippen molar-refractivity contribution < 1.29 is 0 Å². The van der Waals surface area contributed by atoms with Crippen LogP contribution in [0.4, 0.5) is 0 Å². The Morgan fingerprint density at radius 3 is 2.00 bits per heavy atom. The summed E-state index contributed by atoms with van der Waals surface area (Å²) in [6.07, 6.45) is 1.12. The van der Waals surface area contributed by atoms with Gasteiger partial charge in [-0.05, 0) is 35.6 Å². The zero-order valence-corrected chi connectivity index (χ0v) is 11.9. The molecule has 16 heavy (non-hydrogen) atoms. The van der Waals surface area contributed by atoms with Crippen LogP contribution in [0, 0.1) is 22.7 Å². The highest BCUT2D eigenvalue weighted by atomic mass is 14.9. The lowest BCUT2D eigenvalue weighted by Gasteiger charge is -2.15. The average Bonchev–Trinajstić information content (AvgIpc) is 2.45. The van der Waals surface area contributed by atoms with E-state index >= 15 is 0 Å². The summed E-state index contributed by atoms with van der Waals surface area (Å²) >= 11 is 0. The number of hydrogen-bond donors (Lipinski definition) is 2. The van der Waals surface area contributed by atoms with Crippen molar-refractivity contribution in [2.45, 2.75) is 54.0 Å². The lowest BCUT2D eigenvalue weighted by molar-refractivity contribution is 0.449. The van der Waals surface area contributed by atoms with E-state index in [0.29, 0.717) is 22.8 Å². The van der Waals surface area contributed by atoms with Gasteiger partial charge in [-0.25, -0.2) is 0 Å². The van der Waals surface area contributed by atoms with E-state index in [1.165, 1.54) is 0 Å². The molecule has 0 heterocycles. The van der Waals surface area contributed by atoms with Crippen molar-refractivity contribution in [1.82, 2.24) is 5.32 Å². The van der Waals surface area contributed by atoms with Gasteiger partial charge < -0.3 is 11.1 Å². The van der Waals surface area contributed by atoms with Crippen LogP contribution in [0.2, 0.25) is 0 Å². The predicted octanol–water partition coefficient (Wildman–Crippen LogP) is 2.63. The molecule has 96 valence electrons. The minimum absolute atomic E-state index is 0.310. The lowest BCUT2D eigenvalue weighted by Crippen LogP contribution is -2.36. The molecule has 1 saturated carbocycles. The molecule has 0 amide bonds. The number of hydrogen-bond acceptors (Lipinski definition) is 2. The highest BCUT2D eigenvalue weighted by Crippen LogP contribution is 2.67. The first kappa shape index (κ1) is 14.0. The molecule has 0 aromatic rings. The van der Waals surface area contributed by atoms with Crippen molar-refractivity contribution in [3.63, 3.8) is 0 Å².